The minimum atomic E-state index is -4.44. The minimum absolute atomic E-state index is 0.322. The molecule has 100 valence electrons. The molecule has 1 atom stereocenters. The van der Waals surface area contributed by atoms with Crippen molar-refractivity contribution in [2.75, 3.05) is 13.1 Å². The predicted octanol–water partition coefficient (Wildman–Crippen LogP) is 3.21. The Bertz CT molecular complexity index is 245. The van der Waals surface area contributed by atoms with Gasteiger partial charge >= 0.3 is 6.18 Å². The van der Waals surface area contributed by atoms with Crippen LogP contribution in [0.2, 0.25) is 0 Å². The second kappa shape index (κ2) is 6.85. The molecule has 0 aliphatic heterocycles. The molecular weight excluding hydrogens is 229 g/mol. The molecule has 0 saturated carbocycles. The number of nitriles is 1. The van der Waals surface area contributed by atoms with Gasteiger partial charge in [0.15, 0.2) is 5.92 Å². The van der Waals surface area contributed by atoms with E-state index in [1.165, 1.54) is 6.07 Å². The van der Waals surface area contributed by atoms with Crippen LogP contribution in [0.15, 0.2) is 0 Å². The van der Waals surface area contributed by atoms with Gasteiger partial charge in [-0.15, -0.1) is 0 Å². The Hall–Kier alpha value is -0.760. The van der Waals surface area contributed by atoms with Gasteiger partial charge < -0.3 is 5.32 Å². The maximum atomic E-state index is 12.3. The first-order valence-electron chi connectivity index (χ1n) is 5.87. The Labute approximate surface area is 101 Å². The predicted molar refractivity (Wildman–Crippen MR) is 61.2 cm³/mol. The van der Waals surface area contributed by atoms with Gasteiger partial charge in [0.05, 0.1) is 6.07 Å². The van der Waals surface area contributed by atoms with Crippen LogP contribution in [-0.4, -0.2) is 19.3 Å². The van der Waals surface area contributed by atoms with Crippen LogP contribution in [0.1, 0.15) is 27.7 Å². The molecule has 0 radical (unpaired) electrons. The smallest absolute Gasteiger partial charge is 0.315 e. The molecule has 0 heterocycles. The number of alkyl halides is 3. The van der Waals surface area contributed by atoms with Crippen molar-refractivity contribution in [2.24, 2.45) is 23.7 Å². The first-order chi connectivity index (χ1) is 7.70. The molecule has 1 N–H and O–H groups in total. The molecule has 1 unspecified atom stereocenters. The zero-order valence-corrected chi connectivity index (χ0v) is 10.8. The van der Waals surface area contributed by atoms with Gasteiger partial charge in [-0.05, 0) is 24.3 Å². The van der Waals surface area contributed by atoms with Crippen molar-refractivity contribution in [3.63, 3.8) is 0 Å². The average Bonchev–Trinajstić information content (AvgIpc) is 2.14. The molecule has 0 aromatic heterocycles. The number of nitrogens with one attached hydrogen (secondary N) is 1. The van der Waals surface area contributed by atoms with E-state index in [1.807, 2.05) is 0 Å². The van der Waals surface area contributed by atoms with E-state index >= 15 is 0 Å². The molecule has 0 spiro atoms. The van der Waals surface area contributed by atoms with Crippen molar-refractivity contribution in [3.05, 3.63) is 0 Å². The Kier molecular flexibility index (Phi) is 6.54. The normalized spacial score (nSPS) is 14.4. The van der Waals surface area contributed by atoms with Crippen LogP contribution in [-0.2, 0) is 0 Å². The summed E-state index contributed by atoms with van der Waals surface area (Å²) in [4.78, 5) is 0. The highest BCUT2D eigenvalue weighted by atomic mass is 19.4. The van der Waals surface area contributed by atoms with Crippen LogP contribution in [0.4, 0.5) is 13.2 Å². The molecular formula is C12H21F3N2. The second-order valence-electron chi connectivity index (χ2n) is 5.03. The third-order valence-corrected chi connectivity index (χ3v) is 2.99. The van der Waals surface area contributed by atoms with Gasteiger partial charge in [-0.25, -0.2) is 0 Å². The summed E-state index contributed by atoms with van der Waals surface area (Å²) in [6.07, 6.45) is -4.44. The van der Waals surface area contributed by atoms with E-state index in [9.17, 15) is 13.2 Å². The summed E-state index contributed by atoms with van der Waals surface area (Å²) in [5.41, 5.74) is 0. The molecule has 0 saturated heterocycles. The fraction of sp³-hybridized carbons (Fsp3) is 0.917. The highest BCUT2D eigenvalue weighted by molar-refractivity contribution is 4.90. The Morgan fingerprint density at radius 2 is 1.53 bits per heavy atom. The molecule has 0 rings (SSSR count). The van der Waals surface area contributed by atoms with Crippen LogP contribution >= 0.6 is 0 Å². The summed E-state index contributed by atoms with van der Waals surface area (Å²) in [7, 11) is 0. The lowest BCUT2D eigenvalue weighted by atomic mass is 9.85. The van der Waals surface area contributed by atoms with Crippen molar-refractivity contribution >= 4 is 0 Å². The van der Waals surface area contributed by atoms with Crippen LogP contribution in [0.3, 0.4) is 0 Å². The Balaban J connectivity index is 4.17. The molecule has 0 bridgehead atoms. The third-order valence-electron chi connectivity index (χ3n) is 2.99. The van der Waals surface area contributed by atoms with Crippen molar-refractivity contribution in [2.45, 2.75) is 33.9 Å². The number of halogens is 3. The summed E-state index contributed by atoms with van der Waals surface area (Å²) in [5, 5.41) is 11.2. The number of hydrogen-bond donors (Lipinski definition) is 1. The highest BCUT2D eigenvalue weighted by Crippen LogP contribution is 2.25. The molecule has 0 aromatic carbocycles. The van der Waals surface area contributed by atoms with E-state index in [2.05, 4.69) is 33.0 Å². The maximum Gasteiger partial charge on any atom is 0.405 e. The van der Waals surface area contributed by atoms with E-state index < -0.39 is 12.1 Å². The van der Waals surface area contributed by atoms with Crippen LogP contribution in [0, 0.1) is 35.0 Å². The van der Waals surface area contributed by atoms with E-state index in [-0.39, 0.29) is 6.54 Å². The highest BCUT2D eigenvalue weighted by Gasteiger charge is 2.39. The summed E-state index contributed by atoms with van der Waals surface area (Å²) in [6.45, 7) is 8.41. The first-order valence-corrected chi connectivity index (χ1v) is 5.87. The summed E-state index contributed by atoms with van der Waals surface area (Å²) < 4.78 is 36.9. The standard InChI is InChI=1S/C12H21F3N2/c1-8(2)11(9(3)4)7-17-6-10(5-16)12(13,14)15/h8-11,17H,6-7H2,1-4H3. The number of nitrogens with zero attached hydrogens (tertiary/aromatic N) is 1. The number of hydrogen-bond acceptors (Lipinski definition) is 2. The zero-order chi connectivity index (χ0) is 13.6. The zero-order valence-electron chi connectivity index (χ0n) is 10.8. The summed E-state index contributed by atoms with van der Waals surface area (Å²) >= 11 is 0. The topological polar surface area (TPSA) is 35.8 Å². The minimum Gasteiger partial charge on any atom is -0.315 e. The van der Waals surface area contributed by atoms with Gasteiger partial charge in [-0.3, -0.25) is 0 Å². The largest absolute Gasteiger partial charge is 0.405 e. The van der Waals surface area contributed by atoms with E-state index in [4.69, 9.17) is 5.26 Å². The molecule has 0 aliphatic rings. The molecule has 17 heavy (non-hydrogen) atoms. The monoisotopic (exact) mass is 250 g/mol. The quantitative estimate of drug-likeness (QED) is 0.785. The van der Waals surface area contributed by atoms with E-state index in [0.717, 1.165) is 0 Å². The van der Waals surface area contributed by atoms with Crippen molar-refractivity contribution in [1.29, 1.82) is 5.26 Å². The summed E-state index contributed by atoms with van der Waals surface area (Å²) in [5.74, 6) is -0.770. The molecule has 5 heteroatoms. The van der Waals surface area contributed by atoms with Crippen molar-refractivity contribution in [3.8, 4) is 6.07 Å². The third kappa shape index (κ3) is 5.92. The molecule has 2 nitrogen and oxygen atoms in total. The number of rotatable bonds is 6. The van der Waals surface area contributed by atoms with Gasteiger partial charge in [0.2, 0.25) is 0 Å². The van der Waals surface area contributed by atoms with Gasteiger partial charge in [-0.2, -0.15) is 18.4 Å². The van der Waals surface area contributed by atoms with Gasteiger partial charge in [0.25, 0.3) is 0 Å². The Morgan fingerprint density at radius 3 is 1.82 bits per heavy atom. The van der Waals surface area contributed by atoms with Crippen LogP contribution in [0.5, 0.6) is 0 Å². The van der Waals surface area contributed by atoms with Crippen molar-refractivity contribution < 1.29 is 13.2 Å². The van der Waals surface area contributed by atoms with Gasteiger partial charge in [0.1, 0.15) is 0 Å². The molecule has 0 fully saturated rings. The van der Waals surface area contributed by atoms with Gasteiger partial charge in [0, 0.05) is 6.54 Å². The van der Waals surface area contributed by atoms with Crippen LogP contribution < -0.4 is 5.32 Å². The first kappa shape index (κ1) is 16.2. The fourth-order valence-corrected chi connectivity index (χ4v) is 1.87. The Morgan fingerprint density at radius 1 is 1.06 bits per heavy atom. The lowest BCUT2D eigenvalue weighted by molar-refractivity contribution is -0.157. The lowest BCUT2D eigenvalue weighted by Crippen LogP contribution is -2.37. The second-order valence-corrected chi connectivity index (χ2v) is 5.03. The van der Waals surface area contributed by atoms with Gasteiger partial charge in [-0.1, -0.05) is 27.7 Å². The van der Waals surface area contributed by atoms with E-state index in [1.54, 1.807) is 0 Å². The average molecular weight is 250 g/mol. The fourth-order valence-electron chi connectivity index (χ4n) is 1.87. The maximum absolute atomic E-state index is 12.3. The van der Waals surface area contributed by atoms with Crippen molar-refractivity contribution in [1.82, 2.24) is 5.32 Å². The summed E-state index contributed by atoms with van der Waals surface area (Å²) in [6, 6.07) is 1.29. The molecule has 0 aromatic rings. The SMILES string of the molecule is CC(C)C(CNCC(C#N)C(F)(F)F)C(C)C. The van der Waals surface area contributed by atoms with Crippen LogP contribution in [0.25, 0.3) is 0 Å². The van der Waals surface area contributed by atoms with E-state index in [0.29, 0.717) is 24.3 Å². The lowest BCUT2D eigenvalue weighted by Gasteiger charge is -2.25. The molecule has 0 amide bonds. The molecule has 0 aliphatic carbocycles.